The van der Waals surface area contributed by atoms with Crippen LogP contribution < -0.4 is 0 Å². The van der Waals surface area contributed by atoms with Crippen molar-refractivity contribution in [1.29, 1.82) is 0 Å². The number of aliphatic hydroxyl groups excluding tert-OH is 1. The maximum Gasteiger partial charge on any atom is 0.514 e. The van der Waals surface area contributed by atoms with Crippen molar-refractivity contribution in [2.45, 2.75) is 57.7 Å². The Morgan fingerprint density at radius 1 is 1.33 bits per heavy atom. The molecular formula is C12H22NO5+. The molecule has 0 saturated carbocycles. The first kappa shape index (κ1) is 14.9. The summed E-state index contributed by atoms with van der Waals surface area (Å²) in [5, 5.41) is 29.3. The number of likely N-dealkylation sites (tertiary alicyclic amines) is 1. The highest BCUT2D eigenvalue weighted by molar-refractivity contribution is 5.81. The average molecular weight is 260 g/mol. The van der Waals surface area contributed by atoms with Gasteiger partial charge in [0.15, 0.2) is 0 Å². The zero-order valence-electron chi connectivity index (χ0n) is 11.3. The van der Waals surface area contributed by atoms with E-state index in [1.165, 1.54) is 0 Å². The van der Waals surface area contributed by atoms with Gasteiger partial charge in [0, 0.05) is 12.8 Å². The normalized spacial score (nSPS) is 36.6. The summed E-state index contributed by atoms with van der Waals surface area (Å²) in [6, 6.07) is 0. The Morgan fingerprint density at radius 3 is 2.06 bits per heavy atom. The first-order chi connectivity index (χ1) is 8.08. The molecule has 0 aromatic heterocycles. The molecule has 1 saturated heterocycles. The van der Waals surface area contributed by atoms with Crippen LogP contribution in [0, 0.1) is 0 Å². The number of nitrogens with zero attached hydrogens (tertiary/aromatic N) is 1. The average Bonchev–Trinajstić information content (AvgIpc) is 2.52. The van der Waals surface area contributed by atoms with E-state index >= 15 is 0 Å². The maximum absolute atomic E-state index is 11.8. The summed E-state index contributed by atoms with van der Waals surface area (Å²) in [6.07, 6.45) is -2.07. The monoisotopic (exact) mass is 260 g/mol. The summed E-state index contributed by atoms with van der Waals surface area (Å²) < 4.78 is -0.632. The van der Waals surface area contributed by atoms with Crippen molar-refractivity contribution < 1.29 is 29.4 Å². The Labute approximate surface area is 106 Å². The van der Waals surface area contributed by atoms with Crippen LogP contribution in [0.5, 0.6) is 0 Å². The Balaban J connectivity index is 3.61. The van der Waals surface area contributed by atoms with E-state index in [0.717, 1.165) is 0 Å². The lowest BCUT2D eigenvalue weighted by Gasteiger charge is -2.49. The standard InChI is InChI=1S/C12H21NO5/c1-5-12(9(15)16)8(14)6-7-13(12,10(17)18)11(2,3)4/h8,14H,5-7H2,1-4H3,(H-,15,16,17,18)/p+1/t8-,12+,13?/m1/s1. The lowest BCUT2D eigenvalue weighted by molar-refractivity contribution is -0.932. The van der Waals surface area contributed by atoms with Gasteiger partial charge in [0.1, 0.15) is 11.6 Å². The van der Waals surface area contributed by atoms with Gasteiger partial charge in [-0.2, -0.15) is 4.79 Å². The van der Waals surface area contributed by atoms with Crippen LogP contribution in [0.15, 0.2) is 0 Å². The highest BCUT2D eigenvalue weighted by Gasteiger charge is 2.73. The summed E-state index contributed by atoms with van der Waals surface area (Å²) in [4.78, 5) is 23.5. The fourth-order valence-corrected chi connectivity index (χ4v) is 3.46. The van der Waals surface area contributed by atoms with Crippen LogP contribution in [-0.4, -0.2) is 55.6 Å². The minimum Gasteiger partial charge on any atom is -0.477 e. The molecule has 1 unspecified atom stereocenters. The SMILES string of the molecule is CC[C@@]1(C(=O)O)[C@H](O)CC[N+]1(C(=O)O)C(C)(C)C. The minimum absolute atomic E-state index is 0.0765. The number of aliphatic hydroxyl groups is 1. The number of amides is 1. The van der Waals surface area contributed by atoms with Gasteiger partial charge in [-0.1, -0.05) is 6.92 Å². The van der Waals surface area contributed by atoms with Crippen molar-refractivity contribution >= 4 is 12.1 Å². The van der Waals surface area contributed by atoms with Gasteiger partial charge in [-0.3, -0.25) is 0 Å². The molecule has 0 aromatic rings. The Morgan fingerprint density at radius 2 is 1.83 bits per heavy atom. The first-order valence-electron chi connectivity index (χ1n) is 6.11. The molecule has 1 rings (SSSR count). The van der Waals surface area contributed by atoms with Gasteiger partial charge in [0.05, 0.1) is 6.54 Å². The van der Waals surface area contributed by atoms with Gasteiger partial charge in [0.2, 0.25) is 5.54 Å². The van der Waals surface area contributed by atoms with Crippen molar-refractivity contribution in [3.63, 3.8) is 0 Å². The van der Waals surface area contributed by atoms with Gasteiger partial charge in [-0.05, 0) is 20.8 Å². The second-order valence-electron chi connectivity index (χ2n) is 5.87. The molecule has 6 nitrogen and oxygen atoms in total. The Bertz CT molecular complexity index is 375. The van der Waals surface area contributed by atoms with Gasteiger partial charge in [-0.15, -0.1) is 0 Å². The van der Waals surface area contributed by atoms with E-state index in [4.69, 9.17) is 0 Å². The van der Waals surface area contributed by atoms with Gasteiger partial charge < -0.3 is 15.3 Å². The van der Waals surface area contributed by atoms with E-state index < -0.39 is 33.7 Å². The summed E-state index contributed by atoms with van der Waals surface area (Å²) in [7, 11) is 0. The third-order valence-electron chi connectivity index (χ3n) is 4.35. The van der Waals surface area contributed by atoms with Crippen LogP contribution in [0.1, 0.15) is 40.5 Å². The number of hydrogen-bond donors (Lipinski definition) is 3. The third-order valence-corrected chi connectivity index (χ3v) is 4.35. The molecule has 6 heteroatoms. The third kappa shape index (κ3) is 1.48. The number of aliphatic carboxylic acids is 1. The minimum atomic E-state index is -1.68. The quantitative estimate of drug-likeness (QED) is 0.650. The molecule has 0 aliphatic carbocycles. The molecule has 104 valence electrons. The van der Waals surface area contributed by atoms with Crippen molar-refractivity contribution in [3.8, 4) is 0 Å². The van der Waals surface area contributed by atoms with Crippen molar-refractivity contribution in [2.75, 3.05) is 6.54 Å². The largest absolute Gasteiger partial charge is 0.514 e. The lowest BCUT2D eigenvalue weighted by atomic mass is 9.84. The zero-order valence-corrected chi connectivity index (χ0v) is 11.3. The van der Waals surface area contributed by atoms with Gasteiger partial charge >= 0.3 is 12.1 Å². The molecule has 3 N–H and O–H groups in total. The molecule has 0 radical (unpaired) electrons. The maximum atomic E-state index is 11.8. The molecule has 1 aliphatic rings. The number of rotatable bonds is 2. The summed E-state index contributed by atoms with van der Waals surface area (Å²) in [5.74, 6) is -1.24. The topological polar surface area (TPSA) is 94.8 Å². The van der Waals surface area contributed by atoms with Crippen LogP contribution in [0.4, 0.5) is 4.79 Å². The highest BCUT2D eigenvalue weighted by atomic mass is 16.4. The molecule has 3 atom stereocenters. The first-order valence-corrected chi connectivity index (χ1v) is 6.11. The molecule has 0 bridgehead atoms. The van der Waals surface area contributed by atoms with Crippen LogP contribution in [0.3, 0.4) is 0 Å². The van der Waals surface area contributed by atoms with Gasteiger partial charge in [0.25, 0.3) is 0 Å². The predicted octanol–water partition coefficient (Wildman–Crippen LogP) is 1.28. The summed E-state index contributed by atoms with van der Waals surface area (Å²) >= 11 is 0. The molecule has 1 heterocycles. The summed E-state index contributed by atoms with van der Waals surface area (Å²) in [5.41, 5.74) is -2.48. The molecule has 1 fully saturated rings. The highest BCUT2D eigenvalue weighted by Crippen LogP contribution is 2.46. The van der Waals surface area contributed by atoms with Gasteiger partial charge in [-0.25, -0.2) is 9.28 Å². The second kappa shape index (κ2) is 4.20. The fourth-order valence-electron chi connectivity index (χ4n) is 3.46. The second-order valence-corrected chi connectivity index (χ2v) is 5.87. The van der Waals surface area contributed by atoms with Crippen molar-refractivity contribution in [2.24, 2.45) is 0 Å². The van der Waals surface area contributed by atoms with E-state index in [2.05, 4.69) is 0 Å². The molecule has 1 amide bonds. The number of carbonyl (C=O) groups is 2. The molecule has 18 heavy (non-hydrogen) atoms. The van der Waals surface area contributed by atoms with Crippen LogP contribution >= 0.6 is 0 Å². The number of quaternary nitrogens is 1. The predicted molar refractivity (Wildman–Crippen MR) is 64.2 cm³/mol. The zero-order chi connectivity index (χ0) is 14.4. The molecule has 0 aromatic carbocycles. The van der Waals surface area contributed by atoms with Crippen LogP contribution in [-0.2, 0) is 4.79 Å². The van der Waals surface area contributed by atoms with E-state index in [1.807, 2.05) is 0 Å². The molecule has 0 spiro atoms. The number of carboxylic acids is 1. The molecular weight excluding hydrogens is 238 g/mol. The Hall–Kier alpha value is -1.14. The van der Waals surface area contributed by atoms with Crippen molar-refractivity contribution in [3.05, 3.63) is 0 Å². The molecule has 1 aliphatic heterocycles. The van der Waals surface area contributed by atoms with E-state index in [9.17, 15) is 24.9 Å². The number of hydrogen-bond acceptors (Lipinski definition) is 3. The van der Waals surface area contributed by atoms with Crippen LogP contribution in [0.2, 0.25) is 0 Å². The van der Waals surface area contributed by atoms with E-state index in [-0.39, 0.29) is 19.4 Å². The Kier molecular flexibility index (Phi) is 3.49. The lowest BCUT2D eigenvalue weighted by Crippen LogP contribution is -2.76. The fraction of sp³-hybridized carbons (Fsp3) is 0.833. The van der Waals surface area contributed by atoms with E-state index in [0.29, 0.717) is 0 Å². The van der Waals surface area contributed by atoms with Crippen molar-refractivity contribution in [1.82, 2.24) is 0 Å². The number of carboxylic acid groups (broad SMARTS) is 2. The smallest absolute Gasteiger partial charge is 0.477 e. The van der Waals surface area contributed by atoms with Crippen LogP contribution in [0.25, 0.3) is 0 Å². The van der Waals surface area contributed by atoms with E-state index in [1.54, 1.807) is 27.7 Å². The summed E-state index contributed by atoms with van der Waals surface area (Å²) in [6.45, 7) is 6.84.